The van der Waals surface area contributed by atoms with E-state index in [2.05, 4.69) is 0 Å². The van der Waals surface area contributed by atoms with Crippen molar-refractivity contribution in [2.24, 2.45) is 17.8 Å². The molecule has 1 aromatic carbocycles. The van der Waals surface area contributed by atoms with E-state index in [4.69, 9.17) is 9.47 Å². The van der Waals surface area contributed by atoms with Gasteiger partial charge in [-0.05, 0) is 43.5 Å². The van der Waals surface area contributed by atoms with Gasteiger partial charge >= 0.3 is 0 Å². The number of rotatable bonds is 6. The Kier molecular flexibility index (Phi) is 6.64. The molecular weight excluding hydrogens is 486 g/mol. The molecule has 4 aliphatic heterocycles. The molecule has 0 aromatic heterocycles. The molecule has 1 aromatic rings. The number of aliphatic hydroxyl groups excluding tert-OH is 1. The fraction of sp³-hybridized carbons (Fsp3) is 0.552. The molecule has 2 fully saturated rings. The van der Waals surface area contributed by atoms with Crippen LogP contribution in [0.4, 0.5) is 5.69 Å². The Balaban J connectivity index is 1.66. The summed E-state index contributed by atoms with van der Waals surface area (Å²) in [5, 5.41) is 10.4. The fourth-order valence-corrected chi connectivity index (χ4v) is 6.79. The highest BCUT2D eigenvalue weighted by atomic mass is 16.5. The van der Waals surface area contributed by atoms with Crippen LogP contribution in [0.3, 0.4) is 0 Å². The van der Waals surface area contributed by atoms with Gasteiger partial charge in [0.2, 0.25) is 11.8 Å². The number of carbonyl (C=O) groups is 3. The first kappa shape index (κ1) is 26.4. The molecule has 9 nitrogen and oxygen atoms in total. The van der Waals surface area contributed by atoms with Gasteiger partial charge in [0, 0.05) is 25.8 Å². The van der Waals surface area contributed by atoms with Crippen molar-refractivity contribution in [2.75, 3.05) is 38.8 Å². The minimum absolute atomic E-state index is 0.171. The molecule has 204 valence electrons. The largest absolute Gasteiger partial charge is 0.497 e. The number of benzene rings is 1. The smallest absolute Gasteiger partial charge is 0.253 e. The average Bonchev–Trinajstić information content (AvgIpc) is 3.17. The van der Waals surface area contributed by atoms with Gasteiger partial charge in [0.05, 0.1) is 37.2 Å². The first-order valence-electron chi connectivity index (χ1n) is 13.3. The van der Waals surface area contributed by atoms with E-state index in [1.54, 1.807) is 48.2 Å². The number of likely N-dealkylation sites (N-methyl/N-ethyl adjacent to an activating group) is 1. The van der Waals surface area contributed by atoms with Crippen molar-refractivity contribution in [1.82, 2.24) is 9.80 Å². The number of hydrogen-bond donors (Lipinski definition) is 1. The molecule has 1 spiro atoms. The number of anilines is 1. The lowest BCUT2D eigenvalue weighted by Gasteiger charge is -2.40. The molecule has 4 heterocycles. The average molecular weight is 524 g/mol. The van der Waals surface area contributed by atoms with Crippen molar-refractivity contribution in [3.63, 3.8) is 0 Å². The zero-order valence-corrected chi connectivity index (χ0v) is 22.7. The molecule has 38 heavy (non-hydrogen) atoms. The van der Waals surface area contributed by atoms with E-state index in [0.29, 0.717) is 24.4 Å². The summed E-state index contributed by atoms with van der Waals surface area (Å²) < 4.78 is 12.1. The van der Waals surface area contributed by atoms with E-state index >= 15 is 0 Å². The summed E-state index contributed by atoms with van der Waals surface area (Å²) >= 11 is 0. The van der Waals surface area contributed by atoms with Gasteiger partial charge in [0.25, 0.3) is 5.91 Å². The van der Waals surface area contributed by atoms with Crippen molar-refractivity contribution in [3.05, 3.63) is 48.6 Å². The summed E-state index contributed by atoms with van der Waals surface area (Å²) in [7, 11) is 3.30. The molecule has 5 rings (SSSR count). The van der Waals surface area contributed by atoms with Crippen molar-refractivity contribution in [3.8, 4) is 5.75 Å². The highest BCUT2D eigenvalue weighted by Gasteiger charge is 2.75. The van der Waals surface area contributed by atoms with E-state index in [0.717, 1.165) is 0 Å². The van der Waals surface area contributed by atoms with E-state index in [-0.39, 0.29) is 36.8 Å². The molecule has 1 unspecified atom stereocenters. The topological polar surface area (TPSA) is 99.6 Å². The van der Waals surface area contributed by atoms with Gasteiger partial charge in [0.1, 0.15) is 17.4 Å². The molecule has 4 aliphatic rings. The van der Waals surface area contributed by atoms with Crippen LogP contribution in [0.5, 0.6) is 5.75 Å². The zero-order chi connectivity index (χ0) is 27.4. The van der Waals surface area contributed by atoms with E-state index in [1.807, 2.05) is 45.1 Å². The Bertz CT molecular complexity index is 1180. The molecule has 2 saturated heterocycles. The number of carbonyl (C=O) groups excluding carboxylic acids is 3. The number of fused-ring (bicyclic) bond motifs is 2. The van der Waals surface area contributed by atoms with Gasteiger partial charge in [-0.3, -0.25) is 14.4 Å². The van der Waals surface area contributed by atoms with Gasteiger partial charge in [-0.15, -0.1) is 0 Å². The van der Waals surface area contributed by atoms with Crippen LogP contribution in [0.25, 0.3) is 0 Å². The standard InChI is InChI=1S/C29H37N3O6/c1-18(2)16-20(17-33)32-24-27(36)31(19-8-10-21(37-5)11-9-19)15-7-13-29(24)23(26(32)35)22-25(34)30(4)14-6-12-28(22,3)38-29/h6-13,18,20,22-24,33H,14-17H2,1-5H3/t20-,22+,23+,24?,28-,29+/m1/s1. The highest BCUT2D eigenvalue weighted by Crippen LogP contribution is 2.58. The van der Waals surface area contributed by atoms with Gasteiger partial charge in [-0.2, -0.15) is 0 Å². The third-order valence-corrected chi connectivity index (χ3v) is 8.43. The van der Waals surface area contributed by atoms with Crippen LogP contribution in [0.15, 0.2) is 48.6 Å². The lowest BCUT2D eigenvalue weighted by Crippen LogP contribution is -2.59. The van der Waals surface area contributed by atoms with Crippen LogP contribution in [-0.4, -0.2) is 89.8 Å². The molecule has 9 heteroatoms. The number of likely N-dealkylation sites (tertiary alicyclic amines) is 1. The number of nitrogens with zero attached hydrogens (tertiary/aromatic N) is 3. The molecule has 3 amide bonds. The summed E-state index contributed by atoms with van der Waals surface area (Å²) in [4.78, 5) is 47.3. The Morgan fingerprint density at radius 3 is 2.34 bits per heavy atom. The van der Waals surface area contributed by atoms with Crippen molar-refractivity contribution in [2.45, 2.75) is 50.5 Å². The normalized spacial score (nSPS) is 33.3. The zero-order valence-electron chi connectivity index (χ0n) is 22.7. The number of methoxy groups -OCH3 is 1. The Morgan fingerprint density at radius 2 is 1.71 bits per heavy atom. The van der Waals surface area contributed by atoms with Crippen LogP contribution in [0.2, 0.25) is 0 Å². The van der Waals surface area contributed by atoms with Gasteiger partial charge < -0.3 is 29.3 Å². The van der Waals surface area contributed by atoms with E-state index in [9.17, 15) is 19.5 Å². The monoisotopic (exact) mass is 523 g/mol. The van der Waals surface area contributed by atoms with Gasteiger partial charge in [-0.25, -0.2) is 0 Å². The highest BCUT2D eigenvalue weighted by molar-refractivity contribution is 6.06. The first-order valence-corrected chi connectivity index (χ1v) is 13.3. The maximum Gasteiger partial charge on any atom is 0.253 e. The Labute approximate surface area is 223 Å². The van der Waals surface area contributed by atoms with E-state index in [1.165, 1.54) is 4.90 Å². The Hall–Kier alpha value is -3.17. The van der Waals surface area contributed by atoms with Crippen molar-refractivity contribution in [1.29, 1.82) is 0 Å². The Morgan fingerprint density at radius 1 is 1.03 bits per heavy atom. The molecule has 6 atom stereocenters. The van der Waals surface area contributed by atoms with Crippen molar-refractivity contribution < 1.29 is 29.0 Å². The third-order valence-electron chi connectivity index (χ3n) is 8.43. The van der Waals surface area contributed by atoms with Gasteiger partial charge in [-0.1, -0.05) is 38.2 Å². The van der Waals surface area contributed by atoms with Crippen molar-refractivity contribution >= 4 is 23.4 Å². The number of ether oxygens (including phenoxy) is 2. The van der Waals surface area contributed by atoms with Gasteiger partial charge in [0.15, 0.2) is 0 Å². The summed E-state index contributed by atoms with van der Waals surface area (Å²) in [5.41, 5.74) is -1.75. The molecule has 0 bridgehead atoms. The first-order chi connectivity index (χ1) is 18.1. The second-order valence-electron chi connectivity index (χ2n) is 11.4. The quantitative estimate of drug-likeness (QED) is 0.573. The predicted octanol–water partition coefficient (Wildman–Crippen LogP) is 2.00. The lowest BCUT2D eigenvalue weighted by atomic mass is 9.74. The third kappa shape index (κ3) is 3.86. The summed E-state index contributed by atoms with van der Waals surface area (Å²) in [6.07, 6.45) is 7.94. The minimum atomic E-state index is -1.35. The minimum Gasteiger partial charge on any atom is -0.497 e. The molecule has 0 radical (unpaired) electrons. The number of aliphatic hydroxyl groups is 1. The van der Waals surface area contributed by atoms with Crippen LogP contribution in [0, 0.1) is 17.8 Å². The van der Waals surface area contributed by atoms with Crippen LogP contribution in [0.1, 0.15) is 27.2 Å². The molecule has 0 aliphatic carbocycles. The van der Waals surface area contributed by atoms with Crippen LogP contribution in [-0.2, 0) is 19.1 Å². The second-order valence-corrected chi connectivity index (χ2v) is 11.4. The summed E-state index contributed by atoms with van der Waals surface area (Å²) in [6, 6.07) is 5.56. The summed E-state index contributed by atoms with van der Waals surface area (Å²) in [5.74, 6) is -1.67. The maximum absolute atomic E-state index is 14.5. The second kappa shape index (κ2) is 9.54. The predicted molar refractivity (Wildman–Crippen MR) is 141 cm³/mol. The SMILES string of the molecule is COc1ccc(N2CC=C[C@]34O[C@]5(C)C=CCN(C)C(=O)[C@@H]5[C@H]3C(=O)N([C@@H](CO)CC(C)C)C4C2=O)cc1. The molecule has 1 N–H and O–H groups in total. The van der Waals surface area contributed by atoms with Crippen LogP contribution < -0.4 is 9.64 Å². The lowest BCUT2D eigenvalue weighted by molar-refractivity contribution is -0.151. The summed E-state index contributed by atoms with van der Waals surface area (Å²) in [6.45, 7) is 6.26. The molecular formula is C29H37N3O6. The maximum atomic E-state index is 14.5. The number of hydrogen-bond acceptors (Lipinski definition) is 6. The fourth-order valence-electron chi connectivity index (χ4n) is 6.79. The molecule has 0 saturated carbocycles. The number of amides is 3. The van der Waals surface area contributed by atoms with E-state index < -0.39 is 35.1 Å². The van der Waals surface area contributed by atoms with Crippen LogP contribution >= 0.6 is 0 Å².